The number of hydrogen-bond donors (Lipinski definition) is 1. The number of amides is 1. The van der Waals surface area contributed by atoms with Crippen molar-refractivity contribution in [3.05, 3.63) is 48.4 Å². The minimum atomic E-state index is -0.00609. The highest BCUT2D eigenvalue weighted by Crippen LogP contribution is 2.21. The molecule has 0 aliphatic carbocycles. The summed E-state index contributed by atoms with van der Waals surface area (Å²) < 4.78 is 5.35. The fourth-order valence-corrected chi connectivity index (χ4v) is 3.23. The number of rotatable bonds is 6. The van der Waals surface area contributed by atoms with Gasteiger partial charge in [-0.25, -0.2) is 4.98 Å². The number of carbonyl (C=O) groups excluding carboxylic acids is 1. The van der Waals surface area contributed by atoms with Crippen LogP contribution in [0.2, 0.25) is 0 Å². The second-order valence-corrected chi connectivity index (χ2v) is 6.20. The van der Waals surface area contributed by atoms with Crippen LogP contribution in [-0.4, -0.2) is 42.6 Å². The van der Waals surface area contributed by atoms with Gasteiger partial charge in [0.05, 0.1) is 19.2 Å². The highest BCUT2D eigenvalue weighted by molar-refractivity contribution is 5.79. The van der Waals surface area contributed by atoms with Crippen molar-refractivity contribution in [2.75, 3.05) is 31.6 Å². The van der Waals surface area contributed by atoms with E-state index in [4.69, 9.17) is 4.74 Å². The smallest absolute Gasteiger partial charge is 0.224 e. The first-order valence-electron chi connectivity index (χ1n) is 8.68. The number of nitrogens with one attached hydrogen (secondary N) is 1. The molecule has 0 spiro atoms. The van der Waals surface area contributed by atoms with Crippen molar-refractivity contribution in [2.45, 2.75) is 19.3 Å². The minimum absolute atomic E-state index is 0.00609. The van der Waals surface area contributed by atoms with Gasteiger partial charge in [-0.1, -0.05) is 18.2 Å². The van der Waals surface area contributed by atoms with E-state index in [0.29, 0.717) is 13.1 Å². The van der Waals surface area contributed by atoms with Crippen LogP contribution in [-0.2, 0) is 11.2 Å². The van der Waals surface area contributed by atoms with E-state index in [1.165, 1.54) is 0 Å². The van der Waals surface area contributed by atoms with Crippen molar-refractivity contribution in [3.8, 4) is 5.75 Å². The summed E-state index contributed by atoms with van der Waals surface area (Å²) in [5.74, 6) is 1.81. The lowest BCUT2D eigenvalue weighted by molar-refractivity contribution is -0.125. The zero-order valence-corrected chi connectivity index (χ0v) is 14.5. The van der Waals surface area contributed by atoms with Gasteiger partial charge in [-0.05, 0) is 30.9 Å². The van der Waals surface area contributed by atoms with Crippen molar-refractivity contribution in [3.63, 3.8) is 0 Å². The molecule has 1 fully saturated rings. The number of ether oxygens (including phenoxy) is 1. The van der Waals surface area contributed by atoms with Gasteiger partial charge in [0.1, 0.15) is 11.6 Å². The van der Waals surface area contributed by atoms with Gasteiger partial charge in [0.15, 0.2) is 0 Å². The highest BCUT2D eigenvalue weighted by atomic mass is 16.5. The number of piperidine rings is 1. The van der Waals surface area contributed by atoms with Crippen LogP contribution >= 0.6 is 0 Å². The Bertz CT molecular complexity index is 693. The molecule has 6 heteroatoms. The Hall–Kier alpha value is -2.63. The summed E-state index contributed by atoms with van der Waals surface area (Å²) in [5, 5.41) is 3.07. The molecule has 1 aliphatic heterocycles. The molecule has 0 saturated carbocycles. The van der Waals surface area contributed by atoms with Crippen molar-refractivity contribution in [2.24, 2.45) is 5.92 Å². The first-order chi connectivity index (χ1) is 12.3. The number of para-hydroxylation sites is 1. The minimum Gasteiger partial charge on any atom is -0.496 e. The van der Waals surface area contributed by atoms with E-state index in [2.05, 4.69) is 20.2 Å². The van der Waals surface area contributed by atoms with E-state index < -0.39 is 0 Å². The van der Waals surface area contributed by atoms with E-state index in [1.807, 2.05) is 24.3 Å². The van der Waals surface area contributed by atoms with Crippen LogP contribution in [0.4, 0.5) is 5.82 Å². The molecule has 2 heterocycles. The number of carbonyl (C=O) groups is 1. The molecule has 132 valence electrons. The van der Waals surface area contributed by atoms with E-state index >= 15 is 0 Å². The predicted molar refractivity (Wildman–Crippen MR) is 96.7 cm³/mol. The average molecular weight is 340 g/mol. The van der Waals surface area contributed by atoms with E-state index in [-0.39, 0.29) is 11.8 Å². The third-order valence-corrected chi connectivity index (χ3v) is 4.55. The Labute approximate surface area is 148 Å². The Kier molecular flexibility index (Phi) is 5.82. The molecule has 1 amide bonds. The maximum Gasteiger partial charge on any atom is 0.224 e. The fraction of sp³-hybridized carbons (Fsp3) is 0.421. The van der Waals surface area contributed by atoms with Crippen LogP contribution in [0.3, 0.4) is 0 Å². The van der Waals surface area contributed by atoms with Gasteiger partial charge in [-0.2, -0.15) is 0 Å². The molecule has 1 N–H and O–H groups in total. The fourth-order valence-electron chi connectivity index (χ4n) is 3.23. The molecule has 1 aromatic carbocycles. The first kappa shape index (κ1) is 17.2. The van der Waals surface area contributed by atoms with Gasteiger partial charge in [-0.15, -0.1) is 0 Å². The number of aromatic nitrogens is 2. The summed E-state index contributed by atoms with van der Waals surface area (Å²) in [4.78, 5) is 23.1. The number of hydrogen-bond acceptors (Lipinski definition) is 5. The Morgan fingerprint density at radius 1 is 1.36 bits per heavy atom. The quantitative estimate of drug-likeness (QED) is 0.872. The average Bonchev–Trinajstić information content (AvgIpc) is 2.69. The van der Waals surface area contributed by atoms with Crippen LogP contribution in [0.15, 0.2) is 42.9 Å². The van der Waals surface area contributed by atoms with Crippen LogP contribution in [0.1, 0.15) is 18.4 Å². The summed E-state index contributed by atoms with van der Waals surface area (Å²) in [5.41, 5.74) is 1.11. The van der Waals surface area contributed by atoms with Gasteiger partial charge >= 0.3 is 0 Å². The Morgan fingerprint density at radius 3 is 3.04 bits per heavy atom. The van der Waals surface area contributed by atoms with Gasteiger partial charge < -0.3 is 15.0 Å². The summed E-state index contributed by atoms with van der Waals surface area (Å²) in [6.45, 7) is 2.23. The topological polar surface area (TPSA) is 67.3 Å². The number of nitrogens with zero attached hydrogens (tertiary/aromatic N) is 3. The number of benzene rings is 1. The molecule has 6 nitrogen and oxygen atoms in total. The number of anilines is 1. The lowest BCUT2D eigenvalue weighted by atomic mass is 9.97. The molecule has 1 aliphatic rings. The SMILES string of the molecule is COc1ccccc1CCNC(=O)C1CCCN(c2cnccn2)C1. The molecule has 3 rings (SSSR count). The van der Waals surface area contributed by atoms with Gasteiger partial charge in [0.25, 0.3) is 0 Å². The molecule has 1 atom stereocenters. The van der Waals surface area contributed by atoms with Gasteiger partial charge in [0, 0.05) is 32.0 Å². The highest BCUT2D eigenvalue weighted by Gasteiger charge is 2.26. The van der Waals surface area contributed by atoms with Gasteiger partial charge in [-0.3, -0.25) is 9.78 Å². The predicted octanol–water partition coefficient (Wildman–Crippen LogP) is 2.06. The molecule has 1 aromatic heterocycles. The molecular weight excluding hydrogens is 316 g/mol. The largest absolute Gasteiger partial charge is 0.496 e. The van der Waals surface area contributed by atoms with Crippen LogP contribution in [0.5, 0.6) is 5.75 Å². The van der Waals surface area contributed by atoms with Crippen molar-refractivity contribution in [1.82, 2.24) is 15.3 Å². The van der Waals surface area contributed by atoms with Crippen molar-refractivity contribution < 1.29 is 9.53 Å². The summed E-state index contributed by atoms with van der Waals surface area (Å²) >= 11 is 0. The van der Waals surface area contributed by atoms with E-state index in [1.54, 1.807) is 25.7 Å². The maximum absolute atomic E-state index is 12.5. The lowest BCUT2D eigenvalue weighted by Gasteiger charge is -2.32. The standard InChI is InChI=1S/C19H24N4O2/c1-25-17-7-3-2-5-15(17)8-9-22-19(24)16-6-4-12-23(14-16)18-13-20-10-11-21-18/h2-3,5,7,10-11,13,16H,4,6,8-9,12,14H2,1H3,(H,22,24). The second-order valence-electron chi connectivity index (χ2n) is 6.20. The molecule has 1 unspecified atom stereocenters. The molecule has 25 heavy (non-hydrogen) atoms. The van der Waals surface area contributed by atoms with Crippen LogP contribution in [0, 0.1) is 5.92 Å². The Balaban J connectivity index is 1.51. The van der Waals surface area contributed by atoms with E-state index in [0.717, 1.165) is 42.9 Å². The monoisotopic (exact) mass is 340 g/mol. The molecule has 0 radical (unpaired) electrons. The lowest BCUT2D eigenvalue weighted by Crippen LogP contribution is -2.43. The normalized spacial score (nSPS) is 17.2. The Morgan fingerprint density at radius 2 is 2.24 bits per heavy atom. The molecule has 1 saturated heterocycles. The van der Waals surface area contributed by atoms with Gasteiger partial charge in [0.2, 0.25) is 5.91 Å². The third kappa shape index (κ3) is 4.47. The van der Waals surface area contributed by atoms with Crippen molar-refractivity contribution >= 4 is 11.7 Å². The summed E-state index contributed by atoms with van der Waals surface area (Å²) in [6.07, 6.45) is 7.76. The zero-order valence-electron chi connectivity index (χ0n) is 14.5. The molecule has 0 bridgehead atoms. The third-order valence-electron chi connectivity index (χ3n) is 4.55. The van der Waals surface area contributed by atoms with Crippen LogP contribution < -0.4 is 15.0 Å². The van der Waals surface area contributed by atoms with E-state index in [9.17, 15) is 4.79 Å². The summed E-state index contributed by atoms with van der Waals surface area (Å²) in [6, 6.07) is 7.90. The summed E-state index contributed by atoms with van der Waals surface area (Å²) in [7, 11) is 1.67. The number of methoxy groups -OCH3 is 1. The van der Waals surface area contributed by atoms with Crippen molar-refractivity contribution in [1.29, 1.82) is 0 Å². The molecular formula is C19H24N4O2. The van der Waals surface area contributed by atoms with Crippen LogP contribution in [0.25, 0.3) is 0 Å². The second kappa shape index (κ2) is 8.46. The molecule has 2 aromatic rings. The maximum atomic E-state index is 12.5. The first-order valence-corrected chi connectivity index (χ1v) is 8.68. The zero-order chi connectivity index (χ0) is 17.5.